The van der Waals surface area contributed by atoms with Crippen LogP contribution in [0.4, 0.5) is 0 Å². The number of benzene rings is 2. The lowest BCUT2D eigenvalue weighted by molar-refractivity contribution is 0.874. The zero-order valence-corrected chi connectivity index (χ0v) is 16.2. The van der Waals surface area contributed by atoms with Crippen LogP contribution >= 0.6 is 0 Å². The van der Waals surface area contributed by atoms with Gasteiger partial charge in [-0.3, -0.25) is 0 Å². The van der Waals surface area contributed by atoms with Crippen molar-refractivity contribution in [2.45, 2.75) is 30.2 Å². The fourth-order valence-corrected chi connectivity index (χ4v) is 20.9. The van der Waals surface area contributed by atoms with Gasteiger partial charge in [0.2, 0.25) is 0 Å². The van der Waals surface area contributed by atoms with Gasteiger partial charge in [-0.15, -0.1) is 0 Å². The van der Waals surface area contributed by atoms with Crippen molar-refractivity contribution in [1.29, 1.82) is 0 Å². The molecule has 2 aliphatic heterocycles. The van der Waals surface area contributed by atoms with E-state index in [1.54, 1.807) is 5.19 Å². The molecule has 5 rings (SSSR count). The van der Waals surface area contributed by atoms with Gasteiger partial charge in [0.05, 0.1) is 15.2 Å². The smallest absolute Gasteiger partial charge is 0.0837 e. The summed E-state index contributed by atoms with van der Waals surface area (Å²) in [6.45, 7) is 7.91. The van der Waals surface area contributed by atoms with Crippen LogP contribution in [0, 0.1) is 0 Å². The number of hydrogen-bond acceptors (Lipinski definition) is 0. The van der Waals surface area contributed by atoms with Gasteiger partial charge in [-0.05, 0) is 11.1 Å². The van der Waals surface area contributed by atoms with Crippen LogP contribution in [0.15, 0.2) is 85.0 Å². The van der Waals surface area contributed by atoms with Crippen LogP contribution in [0.2, 0.25) is 25.2 Å². The summed E-state index contributed by atoms with van der Waals surface area (Å²) in [6, 6.07) is 22.6. The predicted molar refractivity (Wildman–Crippen MR) is 105 cm³/mol. The monoisotopic (exact) mass is 332 g/mol. The van der Waals surface area contributed by atoms with Crippen LogP contribution in [-0.2, 0) is 5.04 Å². The average molecular weight is 333 g/mol. The molecule has 23 heavy (non-hydrogen) atoms. The third-order valence-electron chi connectivity index (χ3n) is 6.68. The zero-order valence-electron chi connectivity index (χ0n) is 14.2. The van der Waals surface area contributed by atoms with E-state index in [-0.39, 0.29) is 5.04 Å². The minimum Gasteiger partial charge on any atom is -0.0837 e. The van der Waals surface area contributed by atoms with Crippen LogP contribution in [0.5, 0.6) is 0 Å². The first-order valence-electron chi connectivity index (χ1n) is 8.52. The molecule has 1 unspecified atom stereocenters. The SMILES string of the molecule is C[Si]1(C)C2C=CC(c3ccccc3)(C=C2)[Si]1(C)c1ccccc1. The molecule has 0 fully saturated rings. The van der Waals surface area contributed by atoms with Crippen molar-refractivity contribution < 1.29 is 0 Å². The first kappa shape index (κ1) is 14.9. The third kappa shape index (κ3) is 1.76. The Morgan fingerprint density at radius 3 is 1.83 bits per heavy atom. The topological polar surface area (TPSA) is 0 Å². The first-order valence-corrected chi connectivity index (χ1v) is 15.1. The Labute approximate surface area is 141 Å². The lowest BCUT2D eigenvalue weighted by atomic mass is 9.93. The summed E-state index contributed by atoms with van der Waals surface area (Å²) in [5.74, 6) is 0. The lowest BCUT2D eigenvalue weighted by Crippen LogP contribution is -2.78. The second-order valence-electron chi connectivity index (χ2n) is 7.69. The van der Waals surface area contributed by atoms with Gasteiger partial charge in [0.25, 0.3) is 0 Å². The summed E-state index contributed by atoms with van der Waals surface area (Å²) in [6.07, 6.45) is 10.1. The minimum absolute atomic E-state index is 0.111. The number of hydrogen-bond donors (Lipinski definition) is 0. The molecule has 3 aliphatic rings. The van der Waals surface area contributed by atoms with Crippen LogP contribution in [0.3, 0.4) is 0 Å². The van der Waals surface area contributed by atoms with Gasteiger partial charge >= 0.3 is 0 Å². The quantitative estimate of drug-likeness (QED) is 0.550. The largest absolute Gasteiger partial charge is 0.0973 e. The summed E-state index contributed by atoms with van der Waals surface area (Å²) in [5, 5.41) is 1.74. The molecular formula is C21H24Si2. The molecule has 2 bridgehead atoms. The molecule has 0 spiro atoms. The van der Waals surface area contributed by atoms with E-state index in [4.69, 9.17) is 0 Å². The second kappa shape index (κ2) is 4.92. The maximum atomic E-state index is 2.65. The predicted octanol–water partition coefficient (Wildman–Crippen LogP) is 4.75. The molecule has 0 aromatic heterocycles. The third-order valence-corrected chi connectivity index (χ3v) is 25.9. The van der Waals surface area contributed by atoms with E-state index in [1.807, 2.05) is 0 Å². The zero-order chi connectivity index (χ0) is 16.1. The van der Waals surface area contributed by atoms with Crippen molar-refractivity contribution in [2.75, 3.05) is 0 Å². The van der Waals surface area contributed by atoms with Crippen LogP contribution in [0.25, 0.3) is 0 Å². The molecule has 2 heterocycles. The molecule has 2 heteroatoms. The molecule has 0 amide bonds. The first-order chi connectivity index (χ1) is 11.0. The van der Waals surface area contributed by atoms with Crippen molar-refractivity contribution in [3.63, 3.8) is 0 Å². The van der Waals surface area contributed by atoms with Crippen molar-refractivity contribution in [1.82, 2.24) is 0 Å². The Hall–Kier alpha value is -1.65. The van der Waals surface area contributed by atoms with Gasteiger partial charge in [-0.25, -0.2) is 0 Å². The Bertz CT molecular complexity index is 760. The van der Waals surface area contributed by atoms with Gasteiger partial charge in [0.1, 0.15) is 0 Å². The molecular weight excluding hydrogens is 308 g/mol. The standard InChI is InChI=1S/C21H24Si2/c1-22(2)19-14-16-21(17-15-19,18-10-6-4-7-11-18)23(22,3)20-12-8-5-9-13-20/h4-17,19H,1-3H3. The summed E-state index contributed by atoms with van der Waals surface area (Å²) < 4.78 is 0. The molecule has 0 nitrogen and oxygen atoms in total. The van der Waals surface area contributed by atoms with E-state index in [1.165, 1.54) is 5.56 Å². The normalized spacial score (nSPS) is 33.8. The van der Waals surface area contributed by atoms with Gasteiger partial charge in [-0.2, -0.15) is 0 Å². The van der Waals surface area contributed by atoms with Crippen molar-refractivity contribution in [3.8, 4) is 0 Å². The Kier molecular flexibility index (Phi) is 3.19. The molecule has 0 N–H and O–H groups in total. The Morgan fingerprint density at radius 2 is 1.26 bits per heavy atom. The molecule has 0 saturated carbocycles. The fourth-order valence-electron chi connectivity index (χ4n) is 4.89. The average Bonchev–Trinajstić information content (AvgIpc) is 2.61. The van der Waals surface area contributed by atoms with E-state index in [9.17, 15) is 0 Å². The van der Waals surface area contributed by atoms with E-state index < -0.39 is 15.2 Å². The van der Waals surface area contributed by atoms with Crippen LogP contribution in [0.1, 0.15) is 5.56 Å². The number of allylic oxidation sites excluding steroid dienone is 4. The molecule has 2 aromatic carbocycles. The molecule has 2 aromatic rings. The molecule has 116 valence electrons. The van der Waals surface area contributed by atoms with Crippen molar-refractivity contribution in [2.24, 2.45) is 0 Å². The summed E-state index contributed by atoms with van der Waals surface area (Å²) in [4.78, 5) is 0. The second-order valence-corrected chi connectivity index (χ2v) is 22.3. The Morgan fingerprint density at radius 1 is 0.739 bits per heavy atom. The van der Waals surface area contributed by atoms with E-state index in [0.717, 1.165) is 0 Å². The minimum atomic E-state index is -1.75. The maximum absolute atomic E-state index is 2.65. The number of rotatable bonds is 2. The highest BCUT2D eigenvalue weighted by Gasteiger charge is 2.64. The van der Waals surface area contributed by atoms with Gasteiger partial charge < -0.3 is 0 Å². The van der Waals surface area contributed by atoms with Crippen molar-refractivity contribution in [3.05, 3.63) is 90.5 Å². The molecule has 1 atom stereocenters. The van der Waals surface area contributed by atoms with Gasteiger partial charge in [0, 0.05) is 5.04 Å². The summed E-state index contributed by atoms with van der Waals surface area (Å²) in [5.41, 5.74) is 2.16. The highest BCUT2D eigenvalue weighted by atomic mass is 29.3. The van der Waals surface area contributed by atoms with E-state index >= 15 is 0 Å². The van der Waals surface area contributed by atoms with E-state index in [2.05, 4.69) is 105 Å². The number of fused-ring (bicyclic) bond motifs is 1. The lowest BCUT2D eigenvalue weighted by Gasteiger charge is -2.60. The fraction of sp³-hybridized carbons (Fsp3) is 0.238. The van der Waals surface area contributed by atoms with Gasteiger partial charge in [0.15, 0.2) is 0 Å². The summed E-state index contributed by atoms with van der Waals surface area (Å²) in [7, 11) is -3.20. The Balaban J connectivity index is 2.05. The molecule has 0 saturated heterocycles. The molecule has 1 aliphatic carbocycles. The highest BCUT2D eigenvalue weighted by molar-refractivity contribution is 7.48. The van der Waals surface area contributed by atoms with Crippen LogP contribution < -0.4 is 5.19 Å². The van der Waals surface area contributed by atoms with Gasteiger partial charge in [-0.1, -0.05) is 110 Å². The highest BCUT2D eigenvalue weighted by Crippen LogP contribution is 2.54. The summed E-state index contributed by atoms with van der Waals surface area (Å²) >= 11 is 0. The van der Waals surface area contributed by atoms with Crippen LogP contribution in [-0.4, -0.2) is 15.2 Å². The van der Waals surface area contributed by atoms with Crippen molar-refractivity contribution >= 4 is 20.4 Å². The molecule has 0 radical (unpaired) electrons. The maximum Gasteiger partial charge on any atom is 0.0973 e. The van der Waals surface area contributed by atoms with E-state index in [0.29, 0.717) is 5.54 Å².